The molecule has 0 unspecified atom stereocenters. The minimum atomic E-state index is -0.00749. The van der Waals surface area contributed by atoms with Crippen LogP contribution in [0.4, 0.5) is 5.69 Å². The molecule has 0 fully saturated rings. The monoisotopic (exact) mass is 391 g/mol. The summed E-state index contributed by atoms with van der Waals surface area (Å²) >= 11 is 1.77. The largest absolute Gasteiger partial charge is 0.399 e. The molecular formula is C16H14IN3O. The number of nitrogens with one attached hydrogen (secondary N) is 1. The predicted octanol–water partition coefficient (Wildman–Crippen LogP) is 3.51. The molecule has 0 saturated heterocycles. The minimum absolute atomic E-state index is 0.00749. The van der Waals surface area contributed by atoms with Crippen LogP contribution in [0.5, 0.6) is 0 Å². The van der Waals surface area contributed by atoms with Crippen LogP contribution < -0.4 is 5.73 Å². The van der Waals surface area contributed by atoms with E-state index in [1.165, 1.54) is 5.56 Å². The number of anilines is 1. The van der Waals surface area contributed by atoms with Crippen LogP contribution >= 0.6 is 22.6 Å². The number of nitrogens with two attached hydrogens (primary N) is 1. The zero-order chi connectivity index (χ0) is 14.8. The van der Waals surface area contributed by atoms with E-state index in [-0.39, 0.29) is 3.79 Å². The molecule has 3 N–H and O–H groups in total. The maximum absolute atomic E-state index is 11.4. The Morgan fingerprint density at radius 1 is 1.19 bits per heavy atom. The number of benzene rings is 1. The molecule has 2 heterocycles. The van der Waals surface area contributed by atoms with Crippen molar-refractivity contribution in [2.45, 2.75) is 12.8 Å². The van der Waals surface area contributed by atoms with Gasteiger partial charge in [0.25, 0.3) is 0 Å². The third kappa shape index (κ3) is 3.24. The highest BCUT2D eigenvalue weighted by molar-refractivity contribution is 14.1. The van der Waals surface area contributed by atoms with Crippen molar-refractivity contribution in [1.29, 1.82) is 0 Å². The van der Waals surface area contributed by atoms with E-state index >= 15 is 0 Å². The average Bonchev–Trinajstić information content (AvgIpc) is 2.88. The molecule has 4 nitrogen and oxygen atoms in total. The first-order chi connectivity index (χ1) is 10.1. The molecule has 0 radical (unpaired) electrons. The number of halogens is 1. The van der Waals surface area contributed by atoms with E-state index in [1.807, 2.05) is 30.5 Å². The van der Waals surface area contributed by atoms with Gasteiger partial charge in [-0.1, -0.05) is 12.1 Å². The second kappa shape index (κ2) is 5.85. The van der Waals surface area contributed by atoms with Crippen LogP contribution in [-0.2, 0) is 12.8 Å². The van der Waals surface area contributed by atoms with Crippen LogP contribution in [0.15, 0.2) is 42.6 Å². The highest BCUT2D eigenvalue weighted by atomic mass is 127. The standard InChI is InChI=1S/C16H14IN3O/c17-15(21)14-8-12-6-11(9-19-16(12)20-14)5-4-10-2-1-3-13(18)7-10/h1-3,6-9H,4-5,18H2,(H,19,20). The second-order valence-electron chi connectivity index (χ2n) is 4.98. The van der Waals surface area contributed by atoms with Gasteiger partial charge in [0.2, 0.25) is 3.79 Å². The van der Waals surface area contributed by atoms with E-state index in [0.29, 0.717) is 5.69 Å². The van der Waals surface area contributed by atoms with Gasteiger partial charge in [-0.05, 0) is 48.2 Å². The Labute approximate surface area is 135 Å². The number of carbonyl (C=O) groups excluding carboxylic acids is 1. The highest BCUT2D eigenvalue weighted by Gasteiger charge is 2.07. The minimum Gasteiger partial charge on any atom is -0.399 e. The molecule has 0 aliphatic carbocycles. The predicted molar refractivity (Wildman–Crippen MR) is 92.7 cm³/mol. The maximum Gasteiger partial charge on any atom is 0.238 e. The summed E-state index contributed by atoms with van der Waals surface area (Å²) < 4.78 is -0.00749. The Morgan fingerprint density at radius 2 is 2.00 bits per heavy atom. The number of pyridine rings is 1. The van der Waals surface area contributed by atoms with Crippen molar-refractivity contribution < 1.29 is 4.79 Å². The fraction of sp³-hybridized carbons (Fsp3) is 0.125. The first kappa shape index (κ1) is 14.1. The topological polar surface area (TPSA) is 71.8 Å². The molecule has 0 bridgehead atoms. The highest BCUT2D eigenvalue weighted by Crippen LogP contribution is 2.18. The van der Waals surface area contributed by atoms with Crippen molar-refractivity contribution in [2.75, 3.05) is 5.73 Å². The Bertz CT molecular complexity index is 810. The number of rotatable bonds is 4. The maximum atomic E-state index is 11.4. The number of aromatic amines is 1. The number of fused-ring (bicyclic) bond motifs is 1. The van der Waals surface area contributed by atoms with E-state index in [0.717, 1.165) is 35.1 Å². The zero-order valence-electron chi connectivity index (χ0n) is 11.3. The molecule has 0 aliphatic heterocycles. The van der Waals surface area contributed by atoms with E-state index in [9.17, 15) is 4.79 Å². The van der Waals surface area contributed by atoms with Gasteiger partial charge in [0.1, 0.15) is 5.65 Å². The molecule has 5 heteroatoms. The van der Waals surface area contributed by atoms with Gasteiger partial charge in [-0.3, -0.25) is 4.79 Å². The van der Waals surface area contributed by atoms with Gasteiger partial charge in [-0.25, -0.2) is 4.98 Å². The second-order valence-corrected chi connectivity index (χ2v) is 5.96. The summed E-state index contributed by atoms with van der Waals surface area (Å²) in [7, 11) is 0. The van der Waals surface area contributed by atoms with Crippen molar-refractivity contribution in [3.05, 3.63) is 59.4 Å². The summed E-state index contributed by atoms with van der Waals surface area (Å²) in [5.74, 6) is 0. The van der Waals surface area contributed by atoms with Gasteiger partial charge in [0.15, 0.2) is 0 Å². The van der Waals surface area contributed by atoms with Crippen molar-refractivity contribution >= 4 is 43.1 Å². The summed E-state index contributed by atoms with van der Waals surface area (Å²) in [6, 6.07) is 11.9. The summed E-state index contributed by atoms with van der Waals surface area (Å²) in [5, 5.41) is 0.972. The lowest BCUT2D eigenvalue weighted by atomic mass is 10.0. The lowest BCUT2D eigenvalue weighted by Crippen LogP contribution is -1.94. The fourth-order valence-corrected chi connectivity index (χ4v) is 2.63. The smallest absolute Gasteiger partial charge is 0.238 e. The van der Waals surface area contributed by atoms with Crippen LogP contribution in [0.3, 0.4) is 0 Å². The van der Waals surface area contributed by atoms with E-state index in [2.05, 4.69) is 22.1 Å². The third-order valence-corrected chi connectivity index (χ3v) is 3.97. The molecular weight excluding hydrogens is 377 g/mol. The van der Waals surface area contributed by atoms with Crippen molar-refractivity contribution in [1.82, 2.24) is 9.97 Å². The fourth-order valence-electron chi connectivity index (χ4n) is 2.34. The normalized spacial score (nSPS) is 10.9. The first-order valence-electron chi connectivity index (χ1n) is 6.64. The Balaban J connectivity index is 1.79. The summed E-state index contributed by atoms with van der Waals surface area (Å²) in [4.78, 5) is 18.8. The lowest BCUT2D eigenvalue weighted by Gasteiger charge is -2.03. The Morgan fingerprint density at radius 3 is 2.76 bits per heavy atom. The quantitative estimate of drug-likeness (QED) is 0.406. The molecule has 1 aromatic carbocycles. The Hall–Kier alpha value is -1.89. The van der Waals surface area contributed by atoms with Gasteiger partial charge in [-0.15, -0.1) is 0 Å². The summed E-state index contributed by atoms with van der Waals surface area (Å²) in [5.41, 5.74) is 10.3. The van der Waals surface area contributed by atoms with Gasteiger partial charge >= 0.3 is 0 Å². The average molecular weight is 391 g/mol. The number of carbonyl (C=O) groups is 1. The summed E-state index contributed by atoms with van der Waals surface area (Å²) in [6.45, 7) is 0. The van der Waals surface area contributed by atoms with Crippen LogP contribution in [-0.4, -0.2) is 13.8 Å². The number of nitrogen functional groups attached to an aromatic ring is 1. The zero-order valence-corrected chi connectivity index (χ0v) is 13.4. The van der Waals surface area contributed by atoms with E-state index < -0.39 is 0 Å². The Kier molecular flexibility index (Phi) is 3.92. The molecule has 0 saturated carbocycles. The van der Waals surface area contributed by atoms with Gasteiger partial charge in [0, 0.05) is 39.9 Å². The first-order valence-corrected chi connectivity index (χ1v) is 7.71. The lowest BCUT2D eigenvalue weighted by molar-refractivity contribution is 0.110. The van der Waals surface area contributed by atoms with Crippen LogP contribution in [0, 0.1) is 0 Å². The number of H-pyrrole nitrogens is 1. The van der Waals surface area contributed by atoms with E-state index in [1.54, 1.807) is 22.6 Å². The SMILES string of the molecule is Nc1cccc(CCc2cnc3[nH]c(C(=O)I)cc3c2)c1. The van der Waals surface area contributed by atoms with Crippen molar-refractivity contribution in [3.8, 4) is 0 Å². The van der Waals surface area contributed by atoms with Crippen molar-refractivity contribution in [2.24, 2.45) is 0 Å². The number of hydrogen-bond acceptors (Lipinski definition) is 3. The van der Waals surface area contributed by atoms with Gasteiger partial charge < -0.3 is 10.7 Å². The number of aromatic nitrogens is 2. The molecule has 21 heavy (non-hydrogen) atoms. The molecule has 0 aliphatic rings. The molecule has 3 rings (SSSR count). The van der Waals surface area contributed by atoms with Gasteiger partial charge in [0.05, 0.1) is 5.69 Å². The molecule has 0 amide bonds. The number of aryl methyl sites for hydroxylation is 2. The van der Waals surface area contributed by atoms with E-state index in [4.69, 9.17) is 5.73 Å². The van der Waals surface area contributed by atoms with Crippen LogP contribution in [0.1, 0.15) is 21.6 Å². The number of nitrogens with zero attached hydrogens (tertiary/aromatic N) is 1. The number of hydrogen-bond donors (Lipinski definition) is 2. The summed E-state index contributed by atoms with van der Waals surface area (Å²) in [6.07, 6.45) is 3.67. The van der Waals surface area contributed by atoms with Crippen LogP contribution in [0.2, 0.25) is 0 Å². The third-order valence-electron chi connectivity index (χ3n) is 3.39. The molecule has 0 spiro atoms. The van der Waals surface area contributed by atoms with Crippen molar-refractivity contribution in [3.63, 3.8) is 0 Å². The van der Waals surface area contributed by atoms with Gasteiger partial charge in [-0.2, -0.15) is 0 Å². The molecule has 3 aromatic rings. The molecule has 106 valence electrons. The molecule has 2 aromatic heterocycles. The van der Waals surface area contributed by atoms with Crippen LogP contribution in [0.25, 0.3) is 11.0 Å². The molecule has 0 atom stereocenters.